The van der Waals surface area contributed by atoms with E-state index >= 15 is 0 Å². The summed E-state index contributed by atoms with van der Waals surface area (Å²) in [7, 11) is -2.63. The van der Waals surface area contributed by atoms with Crippen molar-refractivity contribution >= 4 is 33.7 Å². The summed E-state index contributed by atoms with van der Waals surface area (Å²) >= 11 is 0. The van der Waals surface area contributed by atoms with Crippen LogP contribution in [0.15, 0.2) is 60.9 Å². The van der Waals surface area contributed by atoms with Crippen molar-refractivity contribution in [3.63, 3.8) is 0 Å². The lowest BCUT2D eigenvalue weighted by Gasteiger charge is -2.43. The summed E-state index contributed by atoms with van der Waals surface area (Å²) in [5, 5.41) is 17.5. The Kier molecular flexibility index (Phi) is 11.8. The van der Waals surface area contributed by atoms with Gasteiger partial charge in [-0.3, -0.25) is 4.98 Å². The number of aliphatic hydroxyl groups is 1. The summed E-state index contributed by atoms with van der Waals surface area (Å²) < 4.78 is 20.3. The van der Waals surface area contributed by atoms with E-state index in [0.29, 0.717) is 50.9 Å². The van der Waals surface area contributed by atoms with Crippen LogP contribution in [0.5, 0.6) is 0 Å². The summed E-state index contributed by atoms with van der Waals surface area (Å²) in [5.41, 5.74) is 2.89. The molecule has 0 aliphatic carbocycles. The third-order valence-electron chi connectivity index (χ3n) is 10.3. The Morgan fingerprint density at radius 2 is 1.50 bits per heavy atom. The van der Waals surface area contributed by atoms with Gasteiger partial charge >= 0.3 is 6.09 Å². The highest BCUT2D eigenvalue weighted by Gasteiger charge is 2.52. The molecule has 54 heavy (non-hydrogen) atoms. The molecule has 0 spiro atoms. The van der Waals surface area contributed by atoms with Crippen molar-refractivity contribution in [3.8, 4) is 22.4 Å². The molecule has 2 bridgehead atoms. The van der Waals surface area contributed by atoms with Gasteiger partial charge in [-0.15, -0.1) is 0 Å². The lowest BCUT2D eigenvalue weighted by molar-refractivity contribution is -0.0646. The van der Waals surface area contributed by atoms with Gasteiger partial charge in [-0.05, 0) is 51.8 Å². The lowest BCUT2D eigenvalue weighted by Crippen LogP contribution is -2.53. The molecule has 1 amide bonds. The summed E-state index contributed by atoms with van der Waals surface area (Å²) in [4.78, 5) is 27.3. The normalized spacial score (nSPS) is 20.4. The minimum Gasteiger partial charge on any atom is -0.444 e. The number of anilines is 1. The fourth-order valence-electron chi connectivity index (χ4n) is 7.27. The predicted octanol–water partition coefficient (Wildman–Crippen LogP) is 8.64. The largest absolute Gasteiger partial charge is 0.444 e. The molecule has 1 N–H and O–H groups in total. The van der Waals surface area contributed by atoms with Crippen LogP contribution >= 0.6 is 0 Å². The zero-order valence-electron chi connectivity index (χ0n) is 33.8. The Balaban J connectivity index is 1.39. The molecule has 2 aliphatic heterocycles. The fourth-order valence-corrected chi connectivity index (χ4v) is 8.78. The second-order valence-electron chi connectivity index (χ2n) is 18.5. The maximum atomic E-state index is 13.4. The Morgan fingerprint density at radius 3 is 2.04 bits per heavy atom. The monoisotopic (exact) mass is 772 g/mol. The first kappa shape index (κ1) is 40.0. The van der Waals surface area contributed by atoms with Crippen molar-refractivity contribution in [2.24, 2.45) is 0 Å². The molecule has 5 heterocycles. The number of aromatic nitrogens is 4. The predicted molar refractivity (Wildman–Crippen MR) is 220 cm³/mol. The zero-order valence-corrected chi connectivity index (χ0v) is 35.8. The number of carbonyl (C=O) groups excluding carboxylic acids is 1. The highest BCUT2D eigenvalue weighted by atomic mass is 28.3. The summed E-state index contributed by atoms with van der Waals surface area (Å²) in [6.45, 7) is 21.7. The minimum atomic E-state index is -1.31. The average molecular weight is 773 g/mol. The third kappa shape index (κ3) is 9.78. The summed E-state index contributed by atoms with van der Waals surface area (Å²) in [6.07, 6.45) is 5.70. The first-order valence-corrected chi connectivity index (χ1v) is 26.9. The maximum absolute atomic E-state index is 13.4. The van der Waals surface area contributed by atoms with Crippen LogP contribution in [0.2, 0.25) is 51.4 Å². The number of benzene rings is 1. The fraction of sp³-hybridized carbons (Fsp3) is 0.561. The van der Waals surface area contributed by atoms with Crippen molar-refractivity contribution < 1.29 is 24.1 Å². The number of fused-ring (bicyclic) bond motifs is 3. The van der Waals surface area contributed by atoms with Gasteiger partial charge in [-0.2, -0.15) is 9.61 Å². The third-order valence-corrected chi connectivity index (χ3v) is 13.7. The molecular weight excluding hydrogens is 713 g/mol. The van der Waals surface area contributed by atoms with E-state index < -0.39 is 27.3 Å². The number of amides is 1. The van der Waals surface area contributed by atoms with Gasteiger partial charge in [0.25, 0.3) is 0 Å². The first-order chi connectivity index (χ1) is 25.4. The van der Waals surface area contributed by atoms with E-state index in [1.807, 2.05) is 91.1 Å². The van der Waals surface area contributed by atoms with Gasteiger partial charge in [0.1, 0.15) is 30.5 Å². The van der Waals surface area contributed by atoms with Gasteiger partial charge in [0.2, 0.25) is 0 Å². The molecule has 2 aliphatic rings. The van der Waals surface area contributed by atoms with E-state index in [4.69, 9.17) is 29.3 Å². The number of hydrogen-bond acceptors (Lipinski definition) is 9. The van der Waals surface area contributed by atoms with E-state index in [2.05, 4.69) is 44.2 Å². The first-order valence-electron chi connectivity index (χ1n) is 19.4. The smallest absolute Gasteiger partial charge is 0.410 e. The van der Waals surface area contributed by atoms with E-state index in [1.165, 1.54) is 0 Å². The Labute approximate surface area is 323 Å². The summed E-state index contributed by atoms with van der Waals surface area (Å²) in [6, 6.07) is 17.9. The SMILES string of the molecule is CC(C)(C)OC(=O)N1[C@@H]2CC[C@H]1CC(O)(c1cc(N(COCC[Si](C)(C)C)COCC[Si](C)(C)C)n3ncc(-c4ccc(-c5ccccc5)nc4)c3n1)C2. The van der Waals surface area contributed by atoms with Gasteiger partial charge in [-0.1, -0.05) is 75.7 Å². The van der Waals surface area contributed by atoms with Crippen molar-refractivity contribution in [1.82, 2.24) is 24.5 Å². The van der Waals surface area contributed by atoms with Gasteiger partial charge < -0.3 is 29.1 Å². The van der Waals surface area contributed by atoms with Crippen molar-refractivity contribution in [2.45, 2.75) is 121 Å². The maximum Gasteiger partial charge on any atom is 0.410 e. The molecule has 1 unspecified atom stereocenters. The van der Waals surface area contributed by atoms with Crippen molar-refractivity contribution in [1.29, 1.82) is 0 Å². The molecule has 3 atom stereocenters. The molecule has 0 saturated carbocycles. The number of pyridine rings is 1. The van der Waals surface area contributed by atoms with Gasteiger partial charge in [0.05, 0.1) is 17.6 Å². The number of nitrogens with zero attached hydrogens (tertiary/aromatic N) is 6. The number of piperidine rings is 1. The van der Waals surface area contributed by atoms with Gasteiger partial charge in [0.15, 0.2) is 5.65 Å². The molecule has 2 fully saturated rings. The van der Waals surface area contributed by atoms with Crippen LogP contribution in [-0.2, 0) is 19.8 Å². The van der Waals surface area contributed by atoms with E-state index in [-0.39, 0.29) is 18.2 Å². The Bertz CT molecular complexity index is 1850. The molecular formula is C41H60N6O5Si2. The van der Waals surface area contributed by atoms with Crippen molar-refractivity contribution in [2.75, 3.05) is 31.6 Å². The van der Waals surface area contributed by atoms with Crippen LogP contribution < -0.4 is 4.90 Å². The van der Waals surface area contributed by atoms with Gasteiger partial charge in [0, 0.05) is 83.2 Å². The second-order valence-corrected chi connectivity index (χ2v) is 29.8. The number of carbonyl (C=O) groups is 1. The molecule has 0 radical (unpaired) electrons. The molecule has 13 heteroatoms. The number of hydrogen-bond donors (Lipinski definition) is 1. The average Bonchev–Trinajstić information content (AvgIpc) is 3.65. The zero-order chi connectivity index (χ0) is 38.9. The standard InChI is InChI=1S/C41H60N6O5Si2/c1-40(2,3)52-39(48)46-32-16-17-33(46)25-41(49,24-32)36-23-37(45(28-50-19-21-53(4,5)6)29-51-20-22-54(7,8)9)47-38(44-36)34(27-43-47)31-15-18-35(42-26-31)30-13-11-10-12-14-30/h10-15,18,23,26-27,32-33,49H,16-17,19-22,24-25,28-29H2,1-9H3/t32-,33+,41?. The Hall–Kier alpha value is -3.63. The molecule has 1 aromatic carbocycles. The van der Waals surface area contributed by atoms with Crippen LogP contribution in [0.3, 0.4) is 0 Å². The van der Waals surface area contributed by atoms with Gasteiger partial charge in [-0.25, -0.2) is 9.78 Å². The van der Waals surface area contributed by atoms with Crippen LogP contribution in [0.25, 0.3) is 28.0 Å². The highest BCUT2D eigenvalue weighted by molar-refractivity contribution is 6.76. The molecule has 2 saturated heterocycles. The molecule has 11 nitrogen and oxygen atoms in total. The topological polar surface area (TPSA) is 115 Å². The lowest BCUT2D eigenvalue weighted by atomic mass is 9.83. The molecule has 3 aromatic heterocycles. The Morgan fingerprint density at radius 1 is 0.889 bits per heavy atom. The quantitative estimate of drug-likeness (QED) is 0.0765. The highest BCUT2D eigenvalue weighted by Crippen LogP contribution is 2.46. The molecule has 292 valence electrons. The van der Waals surface area contributed by atoms with Crippen LogP contribution in [0.1, 0.15) is 52.1 Å². The number of ether oxygens (including phenoxy) is 3. The molecule has 4 aromatic rings. The van der Waals surface area contributed by atoms with E-state index in [9.17, 15) is 9.90 Å². The number of rotatable bonds is 14. The van der Waals surface area contributed by atoms with Crippen LogP contribution in [-0.4, -0.2) is 96.2 Å². The van der Waals surface area contributed by atoms with Crippen LogP contribution in [0, 0.1) is 0 Å². The minimum absolute atomic E-state index is 0.157. The second kappa shape index (κ2) is 15.9. The molecule has 6 rings (SSSR count). The van der Waals surface area contributed by atoms with E-state index in [0.717, 1.165) is 53.1 Å². The van der Waals surface area contributed by atoms with E-state index in [1.54, 1.807) is 0 Å². The van der Waals surface area contributed by atoms with Crippen LogP contribution in [0.4, 0.5) is 10.6 Å². The van der Waals surface area contributed by atoms with Crippen molar-refractivity contribution in [3.05, 3.63) is 66.6 Å². The summed E-state index contributed by atoms with van der Waals surface area (Å²) in [5.74, 6) is 0.728.